The van der Waals surface area contributed by atoms with Gasteiger partial charge in [-0.1, -0.05) is 6.92 Å². The van der Waals surface area contributed by atoms with Crippen LogP contribution in [-0.2, 0) is 9.53 Å². The lowest BCUT2D eigenvalue weighted by molar-refractivity contribution is -0.143. The monoisotopic (exact) mass is 225 g/mol. The highest BCUT2D eigenvalue weighted by Gasteiger charge is 2.35. The van der Waals surface area contributed by atoms with Crippen LogP contribution in [0.15, 0.2) is 0 Å². The zero-order valence-corrected chi connectivity index (χ0v) is 10.4. The summed E-state index contributed by atoms with van der Waals surface area (Å²) >= 11 is 0. The minimum Gasteiger partial charge on any atom is -0.465 e. The fourth-order valence-corrected chi connectivity index (χ4v) is 3.11. The largest absolute Gasteiger partial charge is 0.465 e. The van der Waals surface area contributed by atoms with E-state index in [0.29, 0.717) is 18.4 Å². The van der Waals surface area contributed by atoms with Gasteiger partial charge in [-0.3, -0.25) is 4.79 Å². The topological polar surface area (TPSA) is 29.5 Å². The molecule has 0 spiro atoms. The number of cyclic esters (lactones) is 1. The first kappa shape index (κ1) is 11.9. The Bertz CT molecular complexity index is 254. The summed E-state index contributed by atoms with van der Waals surface area (Å²) in [5.74, 6) is 1.43. The van der Waals surface area contributed by atoms with E-state index in [9.17, 15) is 4.79 Å². The van der Waals surface area contributed by atoms with Crippen LogP contribution in [0.5, 0.6) is 0 Å². The van der Waals surface area contributed by atoms with Crippen LogP contribution in [0.1, 0.15) is 32.6 Å². The summed E-state index contributed by atoms with van der Waals surface area (Å²) in [6.45, 7) is 5.27. The maximum Gasteiger partial charge on any atom is 0.309 e. The zero-order chi connectivity index (χ0) is 11.5. The van der Waals surface area contributed by atoms with Crippen molar-refractivity contribution >= 4 is 5.97 Å². The maximum absolute atomic E-state index is 11.6. The number of carbonyl (C=O) groups excluding carboxylic acids is 1. The molecule has 2 fully saturated rings. The number of ether oxygens (including phenoxy) is 1. The lowest BCUT2D eigenvalue weighted by atomic mass is 9.78. The Morgan fingerprint density at radius 1 is 1.31 bits per heavy atom. The van der Waals surface area contributed by atoms with Gasteiger partial charge in [-0.15, -0.1) is 0 Å². The molecule has 92 valence electrons. The quantitative estimate of drug-likeness (QED) is 0.672. The summed E-state index contributed by atoms with van der Waals surface area (Å²) in [6.07, 6.45) is 4.72. The third kappa shape index (κ3) is 2.57. The average Bonchev–Trinajstić information content (AvgIpc) is 2.56. The minimum absolute atomic E-state index is 0.0464. The van der Waals surface area contributed by atoms with Gasteiger partial charge in [0.25, 0.3) is 0 Å². The number of hydrogen-bond donors (Lipinski definition) is 0. The van der Waals surface area contributed by atoms with Crippen molar-refractivity contribution < 1.29 is 9.53 Å². The first-order valence-corrected chi connectivity index (χ1v) is 6.53. The molecule has 2 rings (SSSR count). The molecule has 2 aliphatic rings. The molecule has 0 N–H and O–H groups in total. The highest BCUT2D eigenvalue weighted by molar-refractivity contribution is 5.74. The molecule has 0 aliphatic carbocycles. The molecule has 3 unspecified atom stereocenters. The zero-order valence-electron chi connectivity index (χ0n) is 10.4. The second kappa shape index (κ2) is 5.17. The van der Waals surface area contributed by atoms with Crippen molar-refractivity contribution in [1.29, 1.82) is 0 Å². The Hall–Kier alpha value is -0.570. The molecule has 0 aromatic rings. The van der Waals surface area contributed by atoms with Gasteiger partial charge in [0.15, 0.2) is 0 Å². The number of esters is 1. The van der Waals surface area contributed by atoms with Gasteiger partial charge in [0, 0.05) is 0 Å². The van der Waals surface area contributed by atoms with E-state index in [-0.39, 0.29) is 11.9 Å². The van der Waals surface area contributed by atoms with Crippen LogP contribution >= 0.6 is 0 Å². The van der Waals surface area contributed by atoms with E-state index in [1.807, 2.05) is 0 Å². The summed E-state index contributed by atoms with van der Waals surface area (Å²) in [7, 11) is 2.19. The summed E-state index contributed by atoms with van der Waals surface area (Å²) < 4.78 is 5.08. The number of nitrogens with zero attached hydrogens (tertiary/aromatic N) is 1. The van der Waals surface area contributed by atoms with Crippen LogP contribution in [0.25, 0.3) is 0 Å². The number of likely N-dealkylation sites (tertiary alicyclic amines) is 1. The highest BCUT2D eigenvalue weighted by atomic mass is 16.5. The SMILES string of the molecule is CC(C1CCCN(C)CC1)C1CCOC1=O. The van der Waals surface area contributed by atoms with Crippen LogP contribution in [0.2, 0.25) is 0 Å². The molecule has 16 heavy (non-hydrogen) atoms. The molecule has 0 saturated carbocycles. The third-order valence-corrected chi connectivity index (χ3v) is 4.35. The molecule has 0 aromatic carbocycles. The molecule has 0 radical (unpaired) electrons. The van der Waals surface area contributed by atoms with Crippen molar-refractivity contribution in [2.45, 2.75) is 32.6 Å². The number of carbonyl (C=O) groups is 1. The Morgan fingerprint density at radius 2 is 2.12 bits per heavy atom. The Labute approximate surface area is 98.1 Å². The van der Waals surface area contributed by atoms with Gasteiger partial charge in [-0.05, 0) is 57.7 Å². The van der Waals surface area contributed by atoms with Crippen LogP contribution in [0.4, 0.5) is 0 Å². The van der Waals surface area contributed by atoms with Gasteiger partial charge < -0.3 is 9.64 Å². The second-order valence-corrected chi connectivity index (χ2v) is 5.42. The van der Waals surface area contributed by atoms with Crippen LogP contribution in [-0.4, -0.2) is 37.6 Å². The second-order valence-electron chi connectivity index (χ2n) is 5.42. The fourth-order valence-electron chi connectivity index (χ4n) is 3.11. The first-order valence-electron chi connectivity index (χ1n) is 6.53. The van der Waals surface area contributed by atoms with Crippen molar-refractivity contribution in [3.8, 4) is 0 Å². The van der Waals surface area contributed by atoms with Gasteiger partial charge in [0.2, 0.25) is 0 Å². The van der Waals surface area contributed by atoms with Crippen molar-refractivity contribution in [2.24, 2.45) is 17.8 Å². The summed E-state index contributed by atoms with van der Waals surface area (Å²) in [5, 5.41) is 0. The van der Waals surface area contributed by atoms with Crippen LogP contribution in [0.3, 0.4) is 0 Å². The van der Waals surface area contributed by atoms with E-state index in [0.717, 1.165) is 6.42 Å². The Morgan fingerprint density at radius 3 is 2.81 bits per heavy atom. The normalized spacial score (nSPS) is 34.5. The molecule has 0 bridgehead atoms. The van der Waals surface area contributed by atoms with Gasteiger partial charge >= 0.3 is 5.97 Å². The standard InChI is InChI=1S/C13H23NO2/c1-10(12-6-9-16-13(12)15)11-4-3-7-14(2)8-5-11/h10-12H,3-9H2,1-2H3. The van der Waals surface area contributed by atoms with Crippen molar-refractivity contribution in [2.75, 3.05) is 26.7 Å². The highest BCUT2D eigenvalue weighted by Crippen LogP contribution is 2.34. The van der Waals surface area contributed by atoms with E-state index in [2.05, 4.69) is 18.9 Å². The van der Waals surface area contributed by atoms with Crippen LogP contribution in [0, 0.1) is 17.8 Å². The van der Waals surface area contributed by atoms with E-state index >= 15 is 0 Å². The molecule has 2 saturated heterocycles. The van der Waals surface area contributed by atoms with E-state index < -0.39 is 0 Å². The molecule has 0 aromatic heterocycles. The van der Waals surface area contributed by atoms with Crippen LogP contribution < -0.4 is 0 Å². The molecule has 3 nitrogen and oxygen atoms in total. The van der Waals surface area contributed by atoms with Crippen molar-refractivity contribution in [3.63, 3.8) is 0 Å². The lowest BCUT2D eigenvalue weighted by Crippen LogP contribution is -2.25. The summed E-state index contributed by atoms with van der Waals surface area (Å²) in [6, 6.07) is 0. The molecule has 2 aliphatic heterocycles. The summed E-state index contributed by atoms with van der Waals surface area (Å²) in [5.41, 5.74) is 0. The molecular weight excluding hydrogens is 202 g/mol. The summed E-state index contributed by atoms with van der Waals surface area (Å²) in [4.78, 5) is 14.0. The van der Waals surface area contributed by atoms with Crippen molar-refractivity contribution in [3.05, 3.63) is 0 Å². The van der Waals surface area contributed by atoms with Gasteiger partial charge in [0.05, 0.1) is 12.5 Å². The van der Waals surface area contributed by atoms with E-state index in [4.69, 9.17) is 4.74 Å². The van der Waals surface area contributed by atoms with E-state index in [1.165, 1.54) is 32.4 Å². The lowest BCUT2D eigenvalue weighted by Gasteiger charge is -2.25. The van der Waals surface area contributed by atoms with Gasteiger partial charge in [-0.2, -0.15) is 0 Å². The van der Waals surface area contributed by atoms with Gasteiger partial charge in [0.1, 0.15) is 0 Å². The molecule has 2 heterocycles. The molecule has 0 amide bonds. The van der Waals surface area contributed by atoms with Gasteiger partial charge in [-0.25, -0.2) is 0 Å². The third-order valence-electron chi connectivity index (χ3n) is 4.35. The smallest absolute Gasteiger partial charge is 0.309 e. The maximum atomic E-state index is 11.6. The van der Waals surface area contributed by atoms with E-state index in [1.54, 1.807) is 0 Å². The Kier molecular flexibility index (Phi) is 3.85. The number of hydrogen-bond acceptors (Lipinski definition) is 3. The molecular formula is C13H23NO2. The predicted octanol–water partition coefficient (Wildman–Crippen LogP) is 1.92. The molecule has 3 atom stereocenters. The molecule has 3 heteroatoms. The fraction of sp³-hybridized carbons (Fsp3) is 0.923. The minimum atomic E-state index is 0.0464. The Balaban J connectivity index is 1.92. The number of rotatable bonds is 2. The first-order chi connectivity index (χ1) is 7.68. The predicted molar refractivity (Wildman–Crippen MR) is 63.1 cm³/mol. The van der Waals surface area contributed by atoms with Crippen molar-refractivity contribution in [1.82, 2.24) is 4.90 Å². The average molecular weight is 225 g/mol.